The minimum Gasteiger partial charge on any atom is -0.361 e. The highest BCUT2D eigenvalue weighted by atomic mass is 35.5. The number of H-pyrrole nitrogens is 1. The largest absolute Gasteiger partial charge is 0.361 e. The van der Waals surface area contributed by atoms with Crippen molar-refractivity contribution in [3.05, 3.63) is 35.0 Å². The van der Waals surface area contributed by atoms with Crippen molar-refractivity contribution in [1.82, 2.24) is 4.98 Å². The zero-order chi connectivity index (χ0) is 11.9. The Hall–Kier alpha value is -1.32. The number of fused-ring (bicyclic) bond motifs is 1. The molecule has 2 aromatic rings. The number of halogens is 1. The molecule has 1 aromatic carbocycles. The Labute approximate surface area is 98.6 Å². The molecule has 3 N–H and O–H groups in total. The van der Waals surface area contributed by atoms with E-state index in [-0.39, 0.29) is 5.78 Å². The fraction of sp³-hybridized carbons (Fsp3) is 0.250. The summed E-state index contributed by atoms with van der Waals surface area (Å²) >= 11 is 6.19. The molecule has 0 spiro atoms. The zero-order valence-corrected chi connectivity index (χ0v) is 9.93. The number of aromatic nitrogens is 1. The van der Waals surface area contributed by atoms with E-state index in [4.69, 9.17) is 17.3 Å². The van der Waals surface area contributed by atoms with Crippen molar-refractivity contribution in [2.75, 3.05) is 0 Å². The van der Waals surface area contributed by atoms with Crippen LogP contribution in [-0.4, -0.2) is 16.3 Å². The molecule has 0 radical (unpaired) electrons. The molecule has 0 aliphatic rings. The minimum absolute atomic E-state index is 0.152. The highest BCUT2D eigenvalue weighted by Gasteiger charge is 2.26. The number of aromatic amines is 1. The topological polar surface area (TPSA) is 58.9 Å². The molecule has 0 saturated heterocycles. The molecule has 0 unspecified atom stereocenters. The third kappa shape index (κ3) is 1.72. The molecule has 84 valence electrons. The van der Waals surface area contributed by atoms with Crippen molar-refractivity contribution >= 4 is 28.3 Å². The number of rotatable bonds is 2. The van der Waals surface area contributed by atoms with Gasteiger partial charge in [0.1, 0.15) is 0 Å². The molecule has 1 heterocycles. The van der Waals surface area contributed by atoms with Crippen LogP contribution < -0.4 is 5.73 Å². The fourth-order valence-electron chi connectivity index (χ4n) is 1.62. The van der Waals surface area contributed by atoms with Gasteiger partial charge in [0.2, 0.25) is 0 Å². The summed E-state index contributed by atoms with van der Waals surface area (Å²) < 4.78 is 0. The summed E-state index contributed by atoms with van der Waals surface area (Å²) in [6.45, 7) is 3.35. The van der Waals surface area contributed by atoms with Crippen LogP contribution in [0.1, 0.15) is 24.2 Å². The van der Waals surface area contributed by atoms with Gasteiger partial charge in [0, 0.05) is 22.7 Å². The number of benzene rings is 1. The summed E-state index contributed by atoms with van der Waals surface area (Å²) in [6, 6.07) is 5.39. The Morgan fingerprint density at radius 2 is 2.06 bits per heavy atom. The Balaban J connectivity index is 2.62. The molecule has 1 aromatic heterocycles. The van der Waals surface area contributed by atoms with Crippen molar-refractivity contribution < 1.29 is 4.79 Å². The Kier molecular flexibility index (Phi) is 2.52. The first-order chi connectivity index (χ1) is 7.41. The van der Waals surface area contributed by atoms with E-state index >= 15 is 0 Å². The number of ketones is 1. The van der Waals surface area contributed by atoms with E-state index in [1.54, 1.807) is 26.1 Å². The maximum absolute atomic E-state index is 12.0. The van der Waals surface area contributed by atoms with Gasteiger partial charge in [-0.15, -0.1) is 0 Å². The molecule has 0 aliphatic heterocycles. The predicted octanol–water partition coefficient (Wildman–Crippen LogP) is 2.74. The van der Waals surface area contributed by atoms with Crippen LogP contribution in [0, 0.1) is 0 Å². The van der Waals surface area contributed by atoms with Crippen molar-refractivity contribution in [3.8, 4) is 0 Å². The van der Waals surface area contributed by atoms with Crippen LogP contribution >= 0.6 is 11.6 Å². The van der Waals surface area contributed by atoms with Gasteiger partial charge in [0.05, 0.1) is 10.6 Å². The third-order valence-corrected chi connectivity index (χ3v) is 2.91. The molecule has 2 rings (SSSR count). The number of carbonyl (C=O) groups is 1. The van der Waals surface area contributed by atoms with Crippen LogP contribution in [0.25, 0.3) is 10.9 Å². The molecule has 0 atom stereocenters. The minimum atomic E-state index is -0.909. The second kappa shape index (κ2) is 3.61. The summed E-state index contributed by atoms with van der Waals surface area (Å²) in [5.41, 5.74) is 6.26. The van der Waals surface area contributed by atoms with Gasteiger partial charge in [0.25, 0.3) is 0 Å². The van der Waals surface area contributed by atoms with E-state index in [9.17, 15) is 4.79 Å². The first-order valence-corrected chi connectivity index (χ1v) is 5.38. The number of hydrogen-bond acceptors (Lipinski definition) is 2. The Morgan fingerprint density at radius 1 is 1.38 bits per heavy atom. The predicted molar refractivity (Wildman–Crippen MR) is 65.9 cm³/mol. The monoisotopic (exact) mass is 236 g/mol. The SMILES string of the molecule is CC(C)(N)C(=O)c1ccc2[nH]ccc2c1Cl. The lowest BCUT2D eigenvalue weighted by Crippen LogP contribution is -2.41. The van der Waals surface area contributed by atoms with Crippen molar-refractivity contribution in [2.24, 2.45) is 5.73 Å². The zero-order valence-electron chi connectivity index (χ0n) is 9.17. The smallest absolute Gasteiger partial charge is 0.183 e. The van der Waals surface area contributed by atoms with Gasteiger partial charge in [-0.1, -0.05) is 11.6 Å². The molecule has 0 fully saturated rings. The Bertz CT molecular complexity index is 552. The molecule has 0 saturated carbocycles. The van der Waals surface area contributed by atoms with E-state index < -0.39 is 5.54 Å². The van der Waals surface area contributed by atoms with Crippen LogP contribution in [0.5, 0.6) is 0 Å². The first kappa shape index (κ1) is 11.2. The van der Waals surface area contributed by atoms with Gasteiger partial charge in [-0.2, -0.15) is 0 Å². The molecular weight excluding hydrogens is 224 g/mol. The lowest BCUT2D eigenvalue weighted by Gasteiger charge is -2.17. The molecule has 3 nitrogen and oxygen atoms in total. The summed E-state index contributed by atoms with van der Waals surface area (Å²) in [4.78, 5) is 15.1. The van der Waals surface area contributed by atoms with Gasteiger partial charge in [-0.3, -0.25) is 4.79 Å². The van der Waals surface area contributed by atoms with E-state index in [1.165, 1.54) is 0 Å². The maximum atomic E-state index is 12.0. The molecular formula is C12H13ClN2O. The average Bonchev–Trinajstić information content (AvgIpc) is 2.64. The fourth-order valence-corrected chi connectivity index (χ4v) is 1.93. The van der Waals surface area contributed by atoms with Crippen LogP contribution in [0.2, 0.25) is 5.02 Å². The van der Waals surface area contributed by atoms with E-state index in [1.807, 2.05) is 12.1 Å². The van der Waals surface area contributed by atoms with Gasteiger partial charge >= 0.3 is 0 Å². The van der Waals surface area contributed by atoms with Gasteiger partial charge in [-0.25, -0.2) is 0 Å². The normalized spacial score (nSPS) is 12.0. The van der Waals surface area contributed by atoms with Crippen LogP contribution in [-0.2, 0) is 0 Å². The molecule has 16 heavy (non-hydrogen) atoms. The van der Waals surface area contributed by atoms with Crippen LogP contribution in [0.15, 0.2) is 24.4 Å². The van der Waals surface area contributed by atoms with Gasteiger partial charge < -0.3 is 10.7 Å². The number of Topliss-reactive ketones (excluding diaryl/α,β-unsaturated/α-hetero) is 1. The second-order valence-corrected chi connectivity index (χ2v) is 4.79. The summed E-state index contributed by atoms with van der Waals surface area (Å²) in [5, 5.41) is 1.30. The maximum Gasteiger partial charge on any atom is 0.183 e. The third-order valence-electron chi connectivity index (χ3n) is 2.50. The second-order valence-electron chi connectivity index (χ2n) is 4.42. The summed E-state index contributed by atoms with van der Waals surface area (Å²) in [5.74, 6) is -0.152. The lowest BCUT2D eigenvalue weighted by molar-refractivity contribution is 0.0914. The standard InChI is InChI=1S/C12H13ClN2O/c1-12(2,14)11(16)8-3-4-9-7(10(8)13)5-6-15-9/h3-6,15H,14H2,1-2H3. The molecule has 0 aliphatic carbocycles. The summed E-state index contributed by atoms with van der Waals surface area (Å²) in [7, 11) is 0. The number of carbonyl (C=O) groups excluding carboxylic acids is 1. The highest BCUT2D eigenvalue weighted by molar-refractivity contribution is 6.39. The molecule has 4 heteroatoms. The van der Waals surface area contributed by atoms with Crippen LogP contribution in [0.3, 0.4) is 0 Å². The average molecular weight is 237 g/mol. The van der Waals surface area contributed by atoms with Crippen molar-refractivity contribution in [1.29, 1.82) is 0 Å². The molecule has 0 amide bonds. The van der Waals surface area contributed by atoms with E-state index in [0.29, 0.717) is 10.6 Å². The number of nitrogens with one attached hydrogen (secondary N) is 1. The highest BCUT2D eigenvalue weighted by Crippen LogP contribution is 2.28. The summed E-state index contributed by atoms with van der Waals surface area (Å²) in [6.07, 6.45) is 1.79. The van der Waals surface area contributed by atoms with E-state index in [0.717, 1.165) is 10.9 Å². The van der Waals surface area contributed by atoms with Crippen molar-refractivity contribution in [2.45, 2.75) is 19.4 Å². The number of nitrogens with two attached hydrogens (primary N) is 1. The Morgan fingerprint density at radius 3 is 2.69 bits per heavy atom. The van der Waals surface area contributed by atoms with Gasteiger partial charge in [0.15, 0.2) is 5.78 Å². The van der Waals surface area contributed by atoms with E-state index in [2.05, 4.69) is 4.98 Å². The quantitative estimate of drug-likeness (QED) is 0.788. The van der Waals surface area contributed by atoms with Crippen LogP contribution in [0.4, 0.5) is 0 Å². The molecule has 0 bridgehead atoms. The lowest BCUT2D eigenvalue weighted by atomic mass is 9.94. The number of hydrogen-bond donors (Lipinski definition) is 2. The van der Waals surface area contributed by atoms with Gasteiger partial charge in [-0.05, 0) is 32.0 Å². The first-order valence-electron chi connectivity index (χ1n) is 5.00. The van der Waals surface area contributed by atoms with Crippen molar-refractivity contribution in [3.63, 3.8) is 0 Å².